The number of carbonyl (C=O) groups is 1. The molecule has 2 aromatic heterocycles. The summed E-state index contributed by atoms with van der Waals surface area (Å²) < 4.78 is 12.8. The van der Waals surface area contributed by atoms with Crippen molar-refractivity contribution >= 4 is 58.4 Å². The number of nitrogens with one attached hydrogen (secondary N) is 2. The number of nitrogens with zero attached hydrogens (tertiary/aromatic N) is 6. The number of carbonyl (C=O) groups excluding carboxylic acids is 1. The number of pyridine rings is 1. The third kappa shape index (κ3) is 7.18. The number of amides is 1. The van der Waals surface area contributed by atoms with Gasteiger partial charge in [0.2, 0.25) is 30.1 Å². The maximum atomic E-state index is 13.4. The Bertz CT molecular complexity index is 1840. The molecule has 2 saturated heterocycles. The van der Waals surface area contributed by atoms with Crippen LogP contribution in [-0.4, -0.2) is 82.6 Å². The van der Waals surface area contributed by atoms with Gasteiger partial charge >= 0.3 is 0 Å². The van der Waals surface area contributed by atoms with Crippen LogP contribution in [0.4, 0.5) is 29.2 Å². The topological polar surface area (TPSA) is 231 Å². The lowest BCUT2D eigenvalue weighted by molar-refractivity contribution is 0.102. The third-order valence-electron chi connectivity index (χ3n) is 8.77. The summed E-state index contributed by atoms with van der Waals surface area (Å²) in [6.45, 7) is 4.83. The SMILES string of the molecule is CCn1cc(C(=O)Nc2ccc(Nc3nc(N4C[C@H](N)C[C@H](N)C4)nc(N4C[C@H](N)C[C@H](N)C4)n3)cc2)c(=O)c2cc3c(cc21)OCO3.Cl. The van der Waals surface area contributed by atoms with E-state index in [0.29, 0.717) is 84.3 Å². The molecule has 2 fully saturated rings. The second kappa shape index (κ2) is 14.0. The van der Waals surface area contributed by atoms with Crippen LogP contribution >= 0.6 is 12.4 Å². The second-order valence-corrected chi connectivity index (χ2v) is 12.6. The average molecular weight is 693 g/mol. The monoisotopic (exact) mass is 692 g/mol. The van der Waals surface area contributed by atoms with Crippen molar-refractivity contribution in [3.63, 3.8) is 0 Å². The summed E-state index contributed by atoms with van der Waals surface area (Å²) in [7, 11) is 0. The number of aromatic nitrogens is 4. The molecule has 1 amide bonds. The first-order valence-electron chi connectivity index (χ1n) is 16.1. The van der Waals surface area contributed by atoms with E-state index in [2.05, 4.69) is 10.6 Å². The molecule has 0 aliphatic carbocycles. The summed E-state index contributed by atoms with van der Waals surface area (Å²) in [5.41, 5.74) is 26.6. The van der Waals surface area contributed by atoms with E-state index in [1.165, 1.54) is 0 Å². The van der Waals surface area contributed by atoms with Gasteiger partial charge < -0.3 is 57.4 Å². The zero-order valence-corrected chi connectivity index (χ0v) is 27.9. The number of fused-ring (bicyclic) bond motifs is 2. The van der Waals surface area contributed by atoms with Crippen LogP contribution in [0.2, 0.25) is 0 Å². The first-order valence-corrected chi connectivity index (χ1v) is 16.1. The smallest absolute Gasteiger partial charge is 0.261 e. The van der Waals surface area contributed by atoms with Crippen LogP contribution in [-0.2, 0) is 6.54 Å². The van der Waals surface area contributed by atoms with Crippen LogP contribution in [0.3, 0.4) is 0 Å². The van der Waals surface area contributed by atoms with Crippen molar-refractivity contribution in [1.29, 1.82) is 0 Å². The van der Waals surface area contributed by atoms with E-state index >= 15 is 0 Å². The summed E-state index contributed by atoms with van der Waals surface area (Å²) in [5.74, 6) is 1.77. The first-order chi connectivity index (χ1) is 23.1. The van der Waals surface area contributed by atoms with E-state index in [0.717, 1.165) is 12.8 Å². The van der Waals surface area contributed by atoms with Crippen molar-refractivity contribution in [2.45, 2.75) is 50.5 Å². The highest BCUT2D eigenvalue weighted by molar-refractivity contribution is 6.06. The summed E-state index contributed by atoms with van der Waals surface area (Å²) >= 11 is 0. The van der Waals surface area contributed by atoms with E-state index in [-0.39, 0.29) is 48.9 Å². The van der Waals surface area contributed by atoms with Gasteiger partial charge in [-0.2, -0.15) is 15.0 Å². The van der Waals surface area contributed by atoms with E-state index in [1.807, 2.05) is 21.3 Å². The highest BCUT2D eigenvalue weighted by Gasteiger charge is 2.29. The number of aryl methyl sites for hydroxylation is 1. The normalized spacial score (nSPS) is 21.7. The number of ether oxygens (including phenoxy) is 2. The largest absolute Gasteiger partial charge is 0.454 e. The Labute approximate surface area is 288 Å². The standard InChI is InChI=1S/C32H40N12O4.ClH/c1-2-42-15-24(28(45)23-9-26-27(10-25(23)42)48-16-47-26)29(46)37-21-3-5-22(6-4-21)38-30-39-31(43-11-17(33)7-18(34)12-43)41-32(40-30)44-13-19(35)8-20(36)14-44;/h3-6,9-10,15,17-20H,2,7-8,11-14,16,33-36H2,1H3,(H,37,46)(H,38,39,40,41);1H/t17-,18+,19-,20+;. The van der Waals surface area contributed by atoms with Crippen LogP contribution in [0, 0.1) is 0 Å². The second-order valence-electron chi connectivity index (χ2n) is 12.6. The number of hydrogen-bond donors (Lipinski definition) is 6. The Hall–Kier alpha value is -4.74. The van der Waals surface area contributed by atoms with Crippen molar-refractivity contribution in [3.05, 3.63) is 58.4 Å². The number of nitrogens with two attached hydrogens (primary N) is 4. The molecule has 16 nitrogen and oxygen atoms in total. The third-order valence-corrected chi connectivity index (χ3v) is 8.77. The molecule has 2 aromatic carbocycles. The lowest BCUT2D eigenvalue weighted by atomic mass is 10.0. The number of rotatable bonds is 7. The van der Waals surface area contributed by atoms with Crippen molar-refractivity contribution in [1.82, 2.24) is 19.5 Å². The summed E-state index contributed by atoms with van der Waals surface area (Å²) in [4.78, 5) is 44.9. The maximum absolute atomic E-state index is 13.4. The molecule has 260 valence electrons. The van der Waals surface area contributed by atoms with Gasteiger partial charge in [0.25, 0.3) is 5.91 Å². The van der Waals surface area contributed by atoms with E-state index in [1.54, 1.807) is 42.6 Å². The molecule has 17 heteroatoms. The van der Waals surface area contributed by atoms with Crippen molar-refractivity contribution in [2.24, 2.45) is 22.9 Å². The molecule has 0 unspecified atom stereocenters. The van der Waals surface area contributed by atoms with Gasteiger partial charge in [-0.15, -0.1) is 12.4 Å². The minimum Gasteiger partial charge on any atom is -0.454 e. The highest BCUT2D eigenvalue weighted by Crippen LogP contribution is 2.35. The number of benzene rings is 2. The Morgan fingerprint density at radius 1 is 0.837 bits per heavy atom. The fourth-order valence-electron chi connectivity index (χ4n) is 6.54. The van der Waals surface area contributed by atoms with Gasteiger partial charge in [-0.05, 0) is 50.1 Å². The Balaban J connectivity index is 0.00000417. The van der Waals surface area contributed by atoms with Gasteiger partial charge in [0.05, 0.1) is 10.9 Å². The number of halogens is 1. The zero-order chi connectivity index (χ0) is 33.5. The lowest BCUT2D eigenvalue weighted by Gasteiger charge is -2.37. The molecule has 3 aliphatic heterocycles. The fraction of sp³-hybridized carbons (Fsp3) is 0.406. The Morgan fingerprint density at radius 2 is 1.37 bits per heavy atom. The van der Waals surface area contributed by atoms with Crippen molar-refractivity contribution < 1.29 is 14.3 Å². The fourth-order valence-corrected chi connectivity index (χ4v) is 6.54. The van der Waals surface area contributed by atoms with Gasteiger partial charge in [-0.1, -0.05) is 0 Å². The van der Waals surface area contributed by atoms with Gasteiger partial charge in [-0.25, -0.2) is 0 Å². The molecule has 5 heterocycles. The zero-order valence-electron chi connectivity index (χ0n) is 27.0. The van der Waals surface area contributed by atoms with Crippen molar-refractivity contribution in [2.75, 3.05) is 53.4 Å². The molecule has 4 atom stereocenters. The highest BCUT2D eigenvalue weighted by atomic mass is 35.5. The molecule has 3 aliphatic rings. The van der Waals surface area contributed by atoms with E-state index in [9.17, 15) is 9.59 Å². The Morgan fingerprint density at radius 3 is 1.92 bits per heavy atom. The van der Waals surface area contributed by atoms with Crippen LogP contribution in [0.5, 0.6) is 11.5 Å². The molecule has 0 bridgehead atoms. The summed E-state index contributed by atoms with van der Waals surface area (Å²) in [6.07, 6.45) is 3.01. The van der Waals surface area contributed by atoms with Gasteiger partial charge in [0, 0.05) is 80.5 Å². The molecule has 10 N–H and O–H groups in total. The predicted octanol–water partition coefficient (Wildman–Crippen LogP) is 1.08. The molecule has 49 heavy (non-hydrogen) atoms. The van der Waals surface area contributed by atoms with Gasteiger partial charge in [0.15, 0.2) is 11.5 Å². The van der Waals surface area contributed by atoms with Crippen molar-refractivity contribution in [3.8, 4) is 11.5 Å². The first kappa shape index (κ1) is 34.1. The molecule has 0 saturated carbocycles. The van der Waals surface area contributed by atoms with Crippen LogP contribution in [0.1, 0.15) is 30.1 Å². The van der Waals surface area contributed by atoms with Gasteiger partial charge in [-0.3, -0.25) is 9.59 Å². The molecule has 7 rings (SSSR count). The van der Waals surface area contributed by atoms with Crippen LogP contribution < -0.4 is 58.3 Å². The summed E-state index contributed by atoms with van der Waals surface area (Å²) in [6, 6.07) is 10.0. The number of piperidine rings is 2. The molecular formula is C32H41ClN12O4. The molecule has 4 aromatic rings. The maximum Gasteiger partial charge on any atom is 0.261 e. The predicted molar refractivity (Wildman–Crippen MR) is 190 cm³/mol. The van der Waals surface area contributed by atoms with E-state index < -0.39 is 11.3 Å². The minimum atomic E-state index is -0.523. The van der Waals surface area contributed by atoms with Gasteiger partial charge in [0.1, 0.15) is 5.56 Å². The molecule has 0 radical (unpaired) electrons. The number of anilines is 5. The quantitative estimate of drug-likeness (QED) is 0.159. The molecular weight excluding hydrogens is 652 g/mol. The number of hydrogen-bond acceptors (Lipinski definition) is 14. The Kier molecular flexibility index (Phi) is 9.76. The van der Waals surface area contributed by atoms with E-state index in [4.69, 9.17) is 47.4 Å². The lowest BCUT2D eigenvalue weighted by Crippen LogP contribution is -2.54. The minimum absolute atomic E-state index is 0. The average Bonchev–Trinajstić information content (AvgIpc) is 3.52. The summed E-state index contributed by atoms with van der Waals surface area (Å²) in [5, 5.41) is 6.48. The van der Waals surface area contributed by atoms with Crippen LogP contribution in [0.15, 0.2) is 47.4 Å². The molecule has 0 spiro atoms. The van der Waals surface area contributed by atoms with Crippen LogP contribution in [0.25, 0.3) is 10.9 Å².